The number of carbonyl (C=O) groups excluding carboxylic acids is 2. The zero-order valence-electron chi connectivity index (χ0n) is 11.0. The van der Waals surface area contributed by atoms with Gasteiger partial charge in [-0.2, -0.15) is 0 Å². The molecule has 0 bridgehead atoms. The number of amides is 2. The number of anilines is 2. The summed E-state index contributed by atoms with van der Waals surface area (Å²) in [6.07, 6.45) is 3.66. The maximum absolute atomic E-state index is 12.4. The number of hydrogen-bond donors (Lipinski definition) is 1. The Bertz CT molecular complexity index is 683. The van der Waals surface area contributed by atoms with Crippen LogP contribution >= 0.6 is 0 Å². The second-order valence-electron chi connectivity index (χ2n) is 4.67. The summed E-state index contributed by atoms with van der Waals surface area (Å²) in [5.41, 5.74) is 2.97. The monoisotopic (exact) mass is 267 g/mol. The van der Waals surface area contributed by atoms with E-state index in [9.17, 15) is 9.59 Å². The molecule has 0 saturated carbocycles. The van der Waals surface area contributed by atoms with Crippen LogP contribution in [0.15, 0.2) is 42.7 Å². The zero-order valence-corrected chi connectivity index (χ0v) is 11.0. The van der Waals surface area contributed by atoms with Crippen LogP contribution in [0.3, 0.4) is 0 Å². The van der Waals surface area contributed by atoms with E-state index in [-0.39, 0.29) is 11.8 Å². The molecule has 1 aliphatic heterocycles. The Morgan fingerprint density at radius 1 is 1.25 bits per heavy atom. The molecular weight excluding hydrogens is 254 g/mol. The van der Waals surface area contributed by atoms with Gasteiger partial charge in [-0.25, -0.2) is 0 Å². The van der Waals surface area contributed by atoms with E-state index in [2.05, 4.69) is 10.3 Å². The third kappa shape index (κ3) is 2.14. The standard InChI is InChI=1S/C15H13N3O2/c1-18(12-4-6-16-7-5-12)15(20)11-3-2-10-9-14(19)17-13(10)8-11/h2-8H,9H2,1H3,(H,17,19). The number of fused-ring (bicyclic) bond motifs is 1. The number of benzene rings is 1. The van der Waals surface area contributed by atoms with Crippen LogP contribution in [0.5, 0.6) is 0 Å². The topological polar surface area (TPSA) is 62.3 Å². The number of nitrogens with zero attached hydrogens (tertiary/aromatic N) is 2. The van der Waals surface area contributed by atoms with Crippen molar-refractivity contribution in [3.63, 3.8) is 0 Å². The van der Waals surface area contributed by atoms with Gasteiger partial charge in [0.25, 0.3) is 5.91 Å². The maximum Gasteiger partial charge on any atom is 0.258 e. The lowest BCUT2D eigenvalue weighted by atomic mass is 10.1. The first-order valence-corrected chi connectivity index (χ1v) is 6.26. The maximum atomic E-state index is 12.4. The molecule has 0 spiro atoms. The molecule has 20 heavy (non-hydrogen) atoms. The highest BCUT2D eigenvalue weighted by Gasteiger charge is 2.20. The molecule has 1 aliphatic rings. The highest BCUT2D eigenvalue weighted by molar-refractivity contribution is 6.08. The van der Waals surface area contributed by atoms with E-state index in [4.69, 9.17) is 0 Å². The molecule has 0 radical (unpaired) electrons. The fraction of sp³-hybridized carbons (Fsp3) is 0.133. The minimum absolute atomic E-state index is 0.0351. The fourth-order valence-corrected chi connectivity index (χ4v) is 2.23. The van der Waals surface area contributed by atoms with Gasteiger partial charge in [0.2, 0.25) is 5.91 Å². The summed E-state index contributed by atoms with van der Waals surface area (Å²) in [4.78, 5) is 29.2. The summed E-state index contributed by atoms with van der Waals surface area (Å²) in [7, 11) is 1.71. The molecule has 3 rings (SSSR count). The second kappa shape index (κ2) is 4.77. The van der Waals surface area contributed by atoms with Crippen LogP contribution in [-0.4, -0.2) is 23.8 Å². The normalized spacial score (nSPS) is 12.8. The highest BCUT2D eigenvalue weighted by Crippen LogP contribution is 2.25. The molecule has 5 nitrogen and oxygen atoms in total. The van der Waals surface area contributed by atoms with Gasteiger partial charge < -0.3 is 10.2 Å². The predicted molar refractivity (Wildman–Crippen MR) is 75.7 cm³/mol. The molecule has 0 atom stereocenters. The van der Waals surface area contributed by atoms with Crippen LogP contribution < -0.4 is 10.2 Å². The lowest BCUT2D eigenvalue weighted by Gasteiger charge is -2.17. The Kier molecular flexibility index (Phi) is 2.95. The summed E-state index contributed by atoms with van der Waals surface area (Å²) in [5, 5.41) is 2.75. The van der Waals surface area contributed by atoms with Gasteiger partial charge in [0.15, 0.2) is 0 Å². The quantitative estimate of drug-likeness (QED) is 0.903. The Morgan fingerprint density at radius 3 is 2.75 bits per heavy atom. The fourth-order valence-electron chi connectivity index (χ4n) is 2.23. The van der Waals surface area contributed by atoms with Crippen LogP contribution in [0.25, 0.3) is 0 Å². The van der Waals surface area contributed by atoms with Gasteiger partial charge in [-0.15, -0.1) is 0 Å². The summed E-state index contributed by atoms with van der Waals surface area (Å²) in [6, 6.07) is 8.83. The molecule has 2 heterocycles. The summed E-state index contributed by atoms with van der Waals surface area (Å²) in [5.74, 6) is -0.160. The number of rotatable bonds is 2. The first kappa shape index (κ1) is 12.3. The van der Waals surface area contributed by atoms with Gasteiger partial charge in [-0.05, 0) is 29.8 Å². The van der Waals surface area contributed by atoms with Crippen molar-refractivity contribution in [2.24, 2.45) is 0 Å². The zero-order chi connectivity index (χ0) is 14.1. The van der Waals surface area contributed by atoms with Crippen LogP contribution in [0.4, 0.5) is 11.4 Å². The number of carbonyl (C=O) groups is 2. The van der Waals surface area contributed by atoms with Crippen molar-refractivity contribution < 1.29 is 9.59 Å². The van der Waals surface area contributed by atoms with Gasteiger partial charge in [-0.3, -0.25) is 14.6 Å². The van der Waals surface area contributed by atoms with E-state index in [1.807, 2.05) is 6.07 Å². The van der Waals surface area contributed by atoms with Gasteiger partial charge >= 0.3 is 0 Å². The molecule has 1 N–H and O–H groups in total. The Labute approximate surface area is 116 Å². The third-order valence-corrected chi connectivity index (χ3v) is 3.34. The Morgan fingerprint density at radius 2 is 2.00 bits per heavy atom. The van der Waals surface area contributed by atoms with Crippen molar-refractivity contribution in [3.8, 4) is 0 Å². The SMILES string of the molecule is CN(C(=O)c1ccc2c(c1)NC(=O)C2)c1ccncc1. The minimum atomic E-state index is -0.125. The van der Waals surface area contributed by atoms with Crippen molar-refractivity contribution in [3.05, 3.63) is 53.9 Å². The molecule has 1 aromatic heterocycles. The van der Waals surface area contributed by atoms with Crippen molar-refractivity contribution >= 4 is 23.2 Å². The molecule has 2 amide bonds. The highest BCUT2D eigenvalue weighted by atomic mass is 16.2. The van der Waals surface area contributed by atoms with Crippen molar-refractivity contribution in [1.82, 2.24) is 4.98 Å². The van der Waals surface area contributed by atoms with E-state index in [0.29, 0.717) is 12.0 Å². The lowest BCUT2D eigenvalue weighted by Crippen LogP contribution is -2.26. The minimum Gasteiger partial charge on any atom is -0.326 e. The molecule has 0 aliphatic carbocycles. The molecule has 100 valence electrons. The molecule has 5 heteroatoms. The van der Waals surface area contributed by atoms with Gasteiger partial charge in [0.1, 0.15) is 0 Å². The summed E-state index contributed by atoms with van der Waals surface area (Å²) in [6.45, 7) is 0. The van der Waals surface area contributed by atoms with Gasteiger partial charge in [-0.1, -0.05) is 6.07 Å². The van der Waals surface area contributed by atoms with Crippen LogP contribution in [0.2, 0.25) is 0 Å². The molecule has 0 unspecified atom stereocenters. The molecule has 0 fully saturated rings. The molecular formula is C15H13N3O2. The largest absolute Gasteiger partial charge is 0.326 e. The summed E-state index contributed by atoms with van der Waals surface area (Å²) >= 11 is 0. The Balaban J connectivity index is 1.88. The average molecular weight is 267 g/mol. The predicted octanol–water partition coefficient (Wildman–Crippen LogP) is 1.85. The van der Waals surface area contributed by atoms with Crippen molar-refractivity contribution in [1.29, 1.82) is 0 Å². The van der Waals surface area contributed by atoms with Gasteiger partial charge in [0.05, 0.1) is 6.42 Å². The number of hydrogen-bond acceptors (Lipinski definition) is 3. The van der Waals surface area contributed by atoms with Crippen LogP contribution in [0.1, 0.15) is 15.9 Å². The number of nitrogens with one attached hydrogen (secondary N) is 1. The molecule has 0 saturated heterocycles. The molecule has 1 aromatic carbocycles. The summed E-state index contributed by atoms with van der Waals surface area (Å²) < 4.78 is 0. The van der Waals surface area contributed by atoms with E-state index in [1.165, 1.54) is 0 Å². The van der Waals surface area contributed by atoms with Gasteiger partial charge in [0, 0.05) is 36.4 Å². The van der Waals surface area contributed by atoms with E-state index < -0.39 is 0 Å². The van der Waals surface area contributed by atoms with Crippen molar-refractivity contribution in [2.45, 2.75) is 6.42 Å². The van der Waals surface area contributed by atoms with E-state index in [1.54, 1.807) is 48.6 Å². The second-order valence-corrected chi connectivity index (χ2v) is 4.67. The first-order chi connectivity index (χ1) is 9.65. The number of aromatic nitrogens is 1. The third-order valence-electron chi connectivity index (χ3n) is 3.34. The van der Waals surface area contributed by atoms with E-state index >= 15 is 0 Å². The Hall–Kier alpha value is -2.69. The van der Waals surface area contributed by atoms with Crippen LogP contribution in [0, 0.1) is 0 Å². The van der Waals surface area contributed by atoms with E-state index in [0.717, 1.165) is 16.9 Å². The lowest BCUT2D eigenvalue weighted by molar-refractivity contribution is -0.115. The first-order valence-electron chi connectivity index (χ1n) is 6.26. The van der Waals surface area contributed by atoms with Crippen molar-refractivity contribution in [2.75, 3.05) is 17.3 Å². The molecule has 2 aromatic rings. The van der Waals surface area contributed by atoms with Crippen LogP contribution in [-0.2, 0) is 11.2 Å². The average Bonchev–Trinajstić information content (AvgIpc) is 2.85. The smallest absolute Gasteiger partial charge is 0.258 e. The number of pyridine rings is 1.